The summed E-state index contributed by atoms with van der Waals surface area (Å²) in [6, 6.07) is 0.776. The van der Waals surface area contributed by atoms with Crippen LogP contribution in [0.1, 0.15) is 0 Å². The Morgan fingerprint density at radius 1 is 1.11 bits per heavy atom. The van der Waals surface area contributed by atoms with Crippen molar-refractivity contribution in [2.45, 2.75) is 6.36 Å². The molecule has 0 unspecified atom stereocenters. The fourth-order valence-corrected chi connectivity index (χ4v) is 1.25. The first-order chi connectivity index (χ1) is 8.65. The SMILES string of the molecule is COc1c([N+](=O)[O-])cc(OC(F)(F)F)cc1[N+](=O)[O-]. The number of hydrogen-bond donors (Lipinski definition) is 0. The maximum atomic E-state index is 12.0. The Kier molecular flexibility index (Phi) is 3.77. The maximum absolute atomic E-state index is 12.0. The maximum Gasteiger partial charge on any atom is 0.573 e. The van der Waals surface area contributed by atoms with Crippen LogP contribution in [0.2, 0.25) is 0 Å². The van der Waals surface area contributed by atoms with Crippen molar-refractivity contribution < 1.29 is 32.5 Å². The van der Waals surface area contributed by atoms with E-state index in [1.54, 1.807) is 0 Å². The summed E-state index contributed by atoms with van der Waals surface area (Å²) >= 11 is 0. The van der Waals surface area contributed by atoms with Crippen LogP contribution in [0.4, 0.5) is 24.5 Å². The summed E-state index contributed by atoms with van der Waals surface area (Å²) in [6.07, 6.45) is -5.13. The van der Waals surface area contributed by atoms with E-state index >= 15 is 0 Å². The van der Waals surface area contributed by atoms with Crippen molar-refractivity contribution in [3.05, 3.63) is 32.4 Å². The summed E-state index contributed by atoms with van der Waals surface area (Å²) in [4.78, 5) is 19.0. The third kappa shape index (κ3) is 3.43. The van der Waals surface area contributed by atoms with Gasteiger partial charge in [0.1, 0.15) is 5.75 Å². The lowest BCUT2D eigenvalue weighted by Crippen LogP contribution is -2.17. The number of methoxy groups -OCH3 is 1. The van der Waals surface area contributed by atoms with Gasteiger partial charge in [-0.25, -0.2) is 0 Å². The molecule has 0 saturated carbocycles. The van der Waals surface area contributed by atoms with Gasteiger partial charge in [-0.1, -0.05) is 0 Å². The highest BCUT2D eigenvalue weighted by Crippen LogP contribution is 2.41. The summed E-state index contributed by atoms with van der Waals surface area (Å²) in [5.41, 5.74) is -2.01. The van der Waals surface area contributed by atoms with E-state index in [0.29, 0.717) is 12.1 Å². The van der Waals surface area contributed by atoms with E-state index in [4.69, 9.17) is 0 Å². The average molecular weight is 282 g/mol. The second-order valence-corrected chi connectivity index (χ2v) is 3.06. The minimum atomic E-state index is -5.13. The minimum absolute atomic E-state index is 0.388. The molecule has 0 fully saturated rings. The number of rotatable bonds is 4. The molecular formula is C8H5F3N2O6. The number of nitrogens with zero attached hydrogens (tertiary/aromatic N) is 2. The third-order valence-corrected chi connectivity index (χ3v) is 1.85. The lowest BCUT2D eigenvalue weighted by atomic mass is 10.2. The quantitative estimate of drug-likeness (QED) is 0.620. The second-order valence-electron chi connectivity index (χ2n) is 3.06. The molecule has 0 aliphatic carbocycles. The predicted molar refractivity (Wildman–Crippen MR) is 53.0 cm³/mol. The van der Waals surface area contributed by atoms with Crippen molar-refractivity contribution in [2.75, 3.05) is 7.11 Å². The lowest BCUT2D eigenvalue weighted by Gasteiger charge is -2.10. The van der Waals surface area contributed by atoms with Crippen molar-refractivity contribution in [1.29, 1.82) is 0 Å². The van der Waals surface area contributed by atoms with E-state index in [9.17, 15) is 33.4 Å². The monoisotopic (exact) mass is 282 g/mol. The number of nitro groups is 2. The van der Waals surface area contributed by atoms with Crippen LogP contribution in [-0.4, -0.2) is 23.3 Å². The Morgan fingerprint density at radius 2 is 1.53 bits per heavy atom. The van der Waals surface area contributed by atoms with Crippen molar-refractivity contribution >= 4 is 11.4 Å². The molecule has 0 radical (unpaired) electrons. The van der Waals surface area contributed by atoms with Crippen LogP contribution in [0.3, 0.4) is 0 Å². The van der Waals surface area contributed by atoms with E-state index in [1.165, 1.54) is 0 Å². The number of alkyl halides is 3. The zero-order valence-electron chi connectivity index (χ0n) is 9.13. The first-order valence-corrected chi connectivity index (χ1v) is 4.42. The van der Waals surface area contributed by atoms with E-state index in [1.807, 2.05) is 0 Å². The molecule has 0 heterocycles. The molecule has 8 nitrogen and oxygen atoms in total. The van der Waals surface area contributed by atoms with Gasteiger partial charge in [-0.05, 0) is 0 Å². The number of hydrogen-bond acceptors (Lipinski definition) is 6. The topological polar surface area (TPSA) is 105 Å². The minimum Gasteiger partial charge on any atom is -0.485 e. The molecule has 11 heteroatoms. The Hall–Kier alpha value is -2.59. The first-order valence-electron chi connectivity index (χ1n) is 4.42. The summed E-state index contributed by atoms with van der Waals surface area (Å²) in [5, 5.41) is 21.3. The molecule has 1 aromatic carbocycles. The van der Waals surface area contributed by atoms with E-state index in [2.05, 4.69) is 9.47 Å². The fraction of sp³-hybridized carbons (Fsp3) is 0.250. The normalized spacial score (nSPS) is 10.9. The summed E-state index contributed by atoms with van der Waals surface area (Å²) in [7, 11) is 0.916. The van der Waals surface area contributed by atoms with Crippen LogP contribution in [0.5, 0.6) is 11.5 Å². The van der Waals surface area contributed by atoms with Gasteiger partial charge in [0.25, 0.3) is 5.75 Å². The van der Waals surface area contributed by atoms with E-state index in [0.717, 1.165) is 7.11 Å². The molecule has 1 aromatic rings. The van der Waals surface area contributed by atoms with E-state index < -0.39 is 39.1 Å². The molecule has 0 atom stereocenters. The molecule has 0 bridgehead atoms. The third-order valence-electron chi connectivity index (χ3n) is 1.85. The number of ether oxygens (including phenoxy) is 2. The smallest absolute Gasteiger partial charge is 0.485 e. The molecule has 0 saturated heterocycles. The van der Waals surface area contributed by atoms with Crippen molar-refractivity contribution in [2.24, 2.45) is 0 Å². The van der Waals surface area contributed by atoms with Gasteiger partial charge in [-0.2, -0.15) is 0 Å². The van der Waals surface area contributed by atoms with Crippen LogP contribution >= 0.6 is 0 Å². The van der Waals surface area contributed by atoms with Gasteiger partial charge in [0.05, 0.1) is 29.1 Å². The molecule has 1 rings (SSSR count). The molecule has 0 amide bonds. The summed E-state index contributed by atoms with van der Waals surface area (Å²) < 4.78 is 43.9. The molecule has 0 aliphatic heterocycles. The van der Waals surface area contributed by atoms with Crippen LogP contribution in [0.25, 0.3) is 0 Å². The summed E-state index contributed by atoms with van der Waals surface area (Å²) in [5.74, 6) is -1.84. The van der Waals surface area contributed by atoms with Crippen molar-refractivity contribution in [3.8, 4) is 11.5 Å². The van der Waals surface area contributed by atoms with Gasteiger partial charge in [0.2, 0.25) is 0 Å². The first kappa shape index (κ1) is 14.5. The highest BCUT2D eigenvalue weighted by Gasteiger charge is 2.35. The lowest BCUT2D eigenvalue weighted by molar-refractivity contribution is -0.396. The molecular weight excluding hydrogens is 277 g/mol. The van der Waals surface area contributed by atoms with Crippen molar-refractivity contribution in [3.63, 3.8) is 0 Å². The van der Waals surface area contributed by atoms with Gasteiger partial charge >= 0.3 is 17.7 Å². The number of nitro benzene ring substituents is 2. The standard InChI is InChI=1S/C8H5F3N2O6/c1-18-7-5(12(14)15)2-4(19-8(9,10)11)3-6(7)13(16)17/h2-3H,1H3. The molecule has 0 aliphatic rings. The van der Waals surface area contributed by atoms with Crippen LogP contribution in [0.15, 0.2) is 12.1 Å². The molecule has 19 heavy (non-hydrogen) atoms. The van der Waals surface area contributed by atoms with Crippen molar-refractivity contribution in [1.82, 2.24) is 0 Å². The molecule has 0 spiro atoms. The second kappa shape index (κ2) is 4.96. The Labute approximate surface area is 102 Å². The number of halogens is 3. The van der Waals surface area contributed by atoms with Gasteiger partial charge < -0.3 is 9.47 Å². The predicted octanol–water partition coefficient (Wildman–Crippen LogP) is 2.41. The average Bonchev–Trinajstić information content (AvgIpc) is 2.25. The van der Waals surface area contributed by atoms with Gasteiger partial charge in [0, 0.05) is 0 Å². The fourth-order valence-electron chi connectivity index (χ4n) is 1.25. The highest BCUT2D eigenvalue weighted by atomic mass is 19.4. The van der Waals surface area contributed by atoms with Gasteiger partial charge in [-0.3, -0.25) is 20.2 Å². The molecule has 0 aromatic heterocycles. The Morgan fingerprint density at radius 3 is 1.79 bits per heavy atom. The van der Waals surface area contributed by atoms with Gasteiger partial charge in [0.15, 0.2) is 0 Å². The molecule has 104 valence electrons. The zero-order chi connectivity index (χ0) is 14.8. The largest absolute Gasteiger partial charge is 0.573 e. The molecule has 0 N–H and O–H groups in total. The van der Waals surface area contributed by atoms with Gasteiger partial charge in [-0.15, -0.1) is 13.2 Å². The van der Waals surface area contributed by atoms with E-state index in [-0.39, 0.29) is 0 Å². The van der Waals surface area contributed by atoms with Crippen LogP contribution < -0.4 is 9.47 Å². The zero-order valence-corrected chi connectivity index (χ0v) is 9.13. The Bertz CT molecular complexity index is 495. The summed E-state index contributed by atoms with van der Waals surface area (Å²) in [6.45, 7) is 0. The van der Waals surface area contributed by atoms with Crippen LogP contribution in [-0.2, 0) is 0 Å². The number of benzene rings is 1. The highest BCUT2D eigenvalue weighted by molar-refractivity contribution is 5.63. The Balaban J connectivity index is 3.45. The van der Waals surface area contributed by atoms with Crippen LogP contribution in [0, 0.1) is 20.2 Å².